The first-order valence-electron chi connectivity index (χ1n) is 12.7. The van der Waals surface area contributed by atoms with Crippen molar-refractivity contribution >= 4 is 17.9 Å². The molecule has 0 spiro atoms. The van der Waals surface area contributed by atoms with Gasteiger partial charge in [-0.2, -0.15) is 0 Å². The van der Waals surface area contributed by atoms with Crippen molar-refractivity contribution in [3.8, 4) is 0 Å². The molecule has 1 fully saturated rings. The lowest BCUT2D eigenvalue weighted by Gasteiger charge is -2.43. The van der Waals surface area contributed by atoms with E-state index in [4.69, 9.17) is 4.74 Å². The van der Waals surface area contributed by atoms with Crippen molar-refractivity contribution in [2.45, 2.75) is 32.9 Å². The van der Waals surface area contributed by atoms with Crippen molar-refractivity contribution in [2.24, 2.45) is 0 Å². The molecule has 9 heteroatoms. The monoisotopic (exact) mass is 508 g/mol. The van der Waals surface area contributed by atoms with E-state index in [1.165, 1.54) is 12.1 Å². The van der Waals surface area contributed by atoms with Crippen LogP contribution in [0.1, 0.15) is 42.7 Å². The Kier molecular flexibility index (Phi) is 8.23. The molecule has 1 N–H and O–H groups in total. The van der Waals surface area contributed by atoms with Crippen molar-refractivity contribution in [1.82, 2.24) is 20.0 Å². The van der Waals surface area contributed by atoms with Gasteiger partial charge in [-0.1, -0.05) is 30.3 Å². The number of rotatable bonds is 7. The molecular formula is C28H33FN4O4. The lowest BCUT2D eigenvalue weighted by atomic mass is 9.94. The van der Waals surface area contributed by atoms with Gasteiger partial charge in [-0.15, -0.1) is 0 Å². The van der Waals surface area contributed by atoms with Crippen LogP contribution in [0.4, 0.5) is 9.18 Å². The molecule has 2 heterocycles. The normalized spacial score (nSPS) is 20.6. The third-order valence-electron chi connectivity index (χ3n) is 6.82. The van der Waals surface area contributed by atoms with Gasteiger partial charge in [0, 0.05) is 50.0 Å². The van der Waals surface area contributed by atoms with Crippen molar-refractivity contribution < 1.29 is 23.5 Å². The first-order valence-corrected chi connectivity index (χ1v) is 12.7. The molecule has 8 nitrogen and oxygen atoms in total. The van der Waals surface area contributed by atoms with E-state index in [-0.39, 0.29) is 24.6 Å². The summed E-state index contributed by atoms with van der Waals surface area (Å²) in [4.78, 5) is 44.9. The molecule has 0 bridgehead atoms. The van der Waals surface area contributed by atoms with Crippen LogP contribution in [0.2, 0.25) is 0 Å². The summed E-state index contributed by atoms with van der Waals surface area (Å²) in [5.74, 6) is -0.932. The lowest BCUT2D eigenvalue weighted by molar-refractivity contribution is -0.139. The molecule has 2 aliphatic heterocycles. The summed E-state index contributed by atoms with van der Waals surface area (Å²) in [7, 11) is 0. The van der Waals surface area contributed by atoms with Crippen LogP contribution in [0.25, 0.3) is 0 Å². The minimum atomic E-state index is -0.761. The number of nitrogens with zero attached hydrogens (tertiary/aromatic N) is 3. The number of carbonyl (C=O) groups is 3. The van der Waals surface area contributed by atoms with Crippen molar-refractivity contribution in [3.05, 3.63) is 82.8 Å². The fraction of sp³-hybridized carbons (Fsp3) is 0.393. The van der Waals surface area contributed by atoms with Gasteiger partial charge in [0.25, 0.3) is 5.91 Å². The Hall–Kier alpha value is -3.72. The van der Waals surface area contributed by atoms with E-state index in [0.29, 0.717) is 55.1 Å². The van der Waals surface area contributed by atoms with Crippen molar-refractivity contribution in [2.75, 3.05) is 39.3 Å². The Morgan fingerprint density at radius 3 is 2.38 bits per heavy atom. The maximum atomic E-state index is 13.6. The molecule has 2 atom stereocenters. The van der Waals surface area contributed by atoms with Gasteiger partial charge in [0.2, 0.25) is 0 Å². The summed E-state index contributed by atoms with van der Waals surface area (Å²) in [6.07, 6.45) is 0. The van der Waals surface area contributed by atoms with Crippen LogP contribution >= 0.6 is 0 Å². The predicted molar refractivity (Wildman–Crippen MR) is 137 cm³/mol. The molecule has 0 saturated carbocycles. The van der Waals surface area contributed by atoms with E-state index < -0.39 is 17.8 Å². The number of esters is 1. The number of nitrogens with one attached hydrogen (secondary N) is 1. The zero-order valence-corrected chi connectivity index (χ0v) is 21.4. The quantitative estimate of drug-likeness (QED) is 0.579. The van der Waals surface area contributed by atoms with Gasteiger partial charge in [-0.25, -0.2) is 14.0 Å². The highest BCUT2D eigenvalue weighted by Crippen LogP contribution is 2.32. The molecule has 2 aliphatic rings. The second-order valence-corrected chi connectivity index (χ2v) is 9.21. The van der Waals surface area contributed by atoms with Gasteiger partial charge in [0.1, 0.15) is 5.82 Å². The van der Waals surface area contributed by atoms with Crippen LogP contribution in [0.5, 0.6) is 0 Å². The van der Waals surface area contributed by atoms with Crippen molar-refractivity contribution in [1.29, 1.82) is 0 Å². The fourth-order valence-corrected chi connectivity index (χ4v) is 5.00. The smallest absolute Gasteiger partial charge is 0.338 e. The molecule has 37 heavy (non-hydrogen) atoms. The average Bonchev–Trinajstić information content (AvgIpc) is 2.89. The van der Waals surface area contributed by atoms with Gasteiger partial charge < -0.3 is 15.0 Å². The molecule has 4 rings (SSSR count). The summed E-state index contributed by atoms with van der Waals surface area (Å²) < 4.78 is 19.0. The zero-order valence-electron chi connectivity index (χ0n) is 21.4. The Bertz CT molecular complexity index is 1170. The van der Waals surface area contributed by atoms with Gasteiger partial charge in [0.15, 0.2) is 0 Å². The second-order valence-electron chi connectivity index (χ2n) is 9.21. The minimum absolute atomic E-state index is 0.0113. The molecule has 0 aromatic heterocycles. The second kappa shape index (κ2) is 11.6. The molecule has 3 amide bonds. The Morgan fingerprint density at radius 2 is 1.76 bits per heavy atom. The zero-order chi connectivity index (χ0) is 26.5. The minimum Gasteiger partial charge on any atom is -0.463 e. The van der Waals surface area contributed by atoms with Crippen LogP contribution in [0.3, 0.4) is 0 Å². The van der Waals surface area contributed by atoms with Gasteiger partial charge >= 0.3 is 12.0 Å². The molecule has 2 aromatic carbocycles. The topological polar surface area (TPSA) is 82.2 Å². The van der Waals surface area contributed by atoms with E-state index in [1.807, 2.05) is 49.1 Å². The van der Waals surface area contributed by atoms with Crippen LogP contribution in [-0.4, -0.2) is 78.0 Å². The standard InChI is InChI=1S/C28H33FN4O4/c1-4-32-23(18-31-15-16-33(19(3)17-31)26(34)21-9-7-6-8-10-21)24(27(35)37-5-2)25(30-28(32)36)20-11-13-22(29)14-12-20/h6-14,19,25H,4-5,15-18H2,1-3H3,(H,30,36)/t19-,25-/m0/s1. The number of urea groups is 1. The van der Waals surface area contributed by atoms with E-state index in [0.717, 1.165) is 0 Å². The van der Waals surface area contributed by atoms with Gasteiger partial charge in [0.05, 0.1) is 18.2 Å². The van der Waals surface area contributed by atoms with Crippen LogP contribution in [0.15, 0.2) is 65.9 Å². The highest BCUT2D eigenvalue weighted by atomic mass is 19.1. The number of hydrogen-bond donors (Lipinski definition) is 1. The number of carbonyl (C=O) groups excluding carboxylic acids is 3. The molecule has 2 aromatic rings. The third kappa shape index (κ3) is 5.67. The number of likely N-dealkylation sites (N-methyl/N-ethyl adjacent to an activating group) is 1. The van der Waals surface area contributed by atoms with Gasteiger partial charge in [-0.3, -0.25) is 14.6 Å². The SMILES string of the molecule is CCOC(=O)C1=C(CN2CCN(C(=O)c3ccccc3)[C@@H](C)C2)N(CC)C(=O)N[C@H]1c1ccc(F)cc1. The first-order chi connectivity index (χ1) is 17.8. The lowest BCUT2D eigenvalue weighted by Crippen LogP contribution is -2.56. The molecule has 0 radical (unpaired) electrons. The number of ether oxygens (including phenoxy) is 1. The fourth-order valence-electron chi connectivity index (χ4n) is 5.00. The van der Waals surface area contributed by atoms with Crippen LogP contribution in [-0.2, 0) is 9.53 Å². The number of hydrogen-bond acceptors (Lipinski definition) is 5. The van der Waals surface area contributed by atoms with E-state index in [9.17, 15) is 18.8 Å². The number of amides is 3. The highest BCUT2D eigenvalue weighted by Gasteiger charge is 2.39. The molecule has 1 saturated heterocycles. The average molecular weight is 509 g/mol. The van der Waals surface area contributed by atoms with Crippen molar-refractivity contribution in [3.63, 3.8) is 0 Å². The Labute approximate surface area is 216 Å². The summed E-state index contributed by atoms with van der Waals surface area (Å²) in [6.45, 7) is 8.16. The molecular weight excluding hydrogens is 475 g/mol. The summed E-state index contributed by atoms with van der Waals surface area (Å²) in [5, 5.41) is 2.89. The van der Waals surface area contributed by atoms with Crippen LogP contribution in [0, 0.1) is 5.82 Å². The first kappa shape index (κ1) is 26.3. The number of benzene rings is 2. The predicted octanol–water partition coefficient (Wildman–Crippen LogP) is 3.58. The van der Waals surface area contributed by atoms with E-state index >= 15 is 0 Å². The largest absolute Gasteiger partial charge is 0.463 e. The summed E-state index contributed by atoms with van der Waals surface area (Å²) >= 11 is 0. The number of piperazine rings is 1. The maximum Gasteiger partial charge on any atom is 0.338 e. The maximum absolute atomic E-state index is 13.6. The molecule has 196 valence electrons. The molecule has 0 unspecified atom stereocenters. The highest BCUT2D eigenvalue weighted by molar-refractivity contribution is 5.95. The van der Waals surface area contributed by atoms with Crippen LogP contribution < -0.4 is 5.32 Å². The van der Waals surface area contributed by atoms with Gasteiger partial charge in [-0.05, 0) is 50.6 Å². The Balaban J connectivity index is 1.63. The Morgan fingerprint density at radius 1 is 1.05 bits per heavy atom. The summed E-state index contributed by atoms with van der Waals surface area (Å²) in [5.41, 5.74) is 2.15. The summed E-state index contributed by atoms with van der Waals surface area (Å²) in [6, 6.07) is 13.8. The molecule has 0 aliphatic carbocycles. The van der Waals surface area contributed by atoms with E-state index in [1.54, 1.807) is 24.0 Å². The number of halogens is 1. The van der Waals surface area contributed by atoms with E-state index in [2.05, 4.69) is 10.2 Å². The third-order valence-corrected chi connectivity index (χ3v) is 6.82.